The van der Waals surface area contributed by atoms with Crippen LogP contribution in [-0.4, -0.2) is 18.6 Å². The van der Waals surface area contributed by atoms with E-state index in [2.05, 4.69) is 23.3 Å². The fraction of sp³-hybridized carbons (Fsp3) is 0.438. The molecule has 19 heavy (non-hydrogen) atoms. The molecule has 0 aliphatic heterocycles. The molecule has 0 bridgehead atoms. The van der Waals surface area contributed by atoms with E-state index < -0.39 is 0 Å². The number of ether oxygens (including phenoxy) is 1. The zero-order chi connectivity index (χ0) is 13.5. The molecule has 2 rings (SSSR count). The van der Waals surface area contributed by atoms with E-state index in [1.54, 1.807) is 7.11 Å². The summed E-state index contributed by atoms with van der Waals surface area (Å²) in [6, 6.07) is 8.10. The molecule has 0 spiro atoms. The maximum atomic E-state index is 5.25. The van der Waals surface area contributed by atoms with Gasteiger partial charge in [-0.1, -0.05) is 26.2 Å². The summed E-state index contributed by atoms with van der Waals surface area (Å²) in [6.45, 7) is 3.21. The standard InChI is InChI=1S/C16H22N2O/c1-3-4-5-6-10-17-16-15-8-7-14(19-2)12-13(15)9-11-18-16/h7-9,11-12H,3-6,10H2,1-2H3,(H,17,18). The first-order chi connectivity index (χ1) is 9.35. The molecule has 0 saturated carbocycles. The number of hydrogen-bond donors (Lipinski definition) is 1. The zero-order valence-electron chi connectivity index (χ0n) is 11.8. The Labute approximate surface area is 115 Å². The van der Waals surface area contributed by atoms with Gasteiger partial charge < -0.3 is 10.1 Å². The van der Waals surface area contributed by atoms with E-state index in [4.69, 9.17) is 4.74 Å². The zero-order valence-corrected chi connectivity index (χ0v) is 11.8. The van der Waals surface area contributed by atoms with Crippen LogP contribution >= 0.6 is 0 Å². The number of nitrogens with one attached hydrogen (secondary N) is 1. The molecule has 1 aromatic heterocycles. The SMILES string of the molecule is CCCCCCNc1nccc2cc(OC)ccc12. The molecule has 3 nitrogen and oxygen atoms in total. The van der Waals surface area contributed by atoms with Crippen LogP contribution in [0.3, 0.4) is 0 Å². The molecule has 0 amide bonds. The number of pyridine rings is 1. The van der Waals surface area contributed by atoms with E-state index in [0.29, 0.717) is 0 Å². The third-order valence-corrected chi connectivity index (χ3v) is 3.29. The number of methoxy groups -OCH3 is 1. The summed E-state index contributed by atoms with van der Waals surface area (Å²) in [4.78, 5) is 4.43. The number of unbranched alkanes of at least 4 members (excludes halogenated alkanes) is 3. The monoisotopic (exact) mass is 258 g/mol. The summed E-state index contributed by atoms with van der Waals surface area (Å²) < 4.78 is 5.25. The summed E-state index contributed by atoms with van der Waals surface area (Å²) in [5, 5.41) is 5.74. The number of hydrogen-bond acceptors (Lipinski definition) is 3. The van der Waals surface area contributed by atoms with Crippen molar-refractivity contribution in [1.82, 2.24) is 4.98 Å². The highest BCUT2D eigenvalue weighted by atomic mass is 16.5. The molecule has 1 aromatic carbocycles. The summed E-state index contributed by atoms with van der Waals surface area (Å²) in [5.41, 5.74) is 0. The molecule has 1 N–H and O–H groups in total. The summed E-state index contributed by atoms with van der Waals surface area (Å²) >= 11 is 0. The van der Waals surface area contributed by atoms with Gasteiger partial charge in [0.05, 0.1) is 7.11 Å². The molecule has 0 radical (unpaired) electrons. The average molecular weight is 258 g/mol. The van der Waals surface area contributed by atoms with Crippen molar-refractivity contribution in [2.75, 3.05) is 19.0 Å². The molecular weight excluding hydrogens is 236 g/mol. The molecule has 0 aliphatic rings. The minimum Gasteiger partial charge on any atom is -0.497 e. The minimum absolute atomic E-state index is 0.882. The van der Waals surface area contributed by atoms with Crippen molar-refractivity contribution in [3.8, 4) is 5.75 Å². The van der Waals surface area contributed by atoms with Crippen molar-refractivity contribution in [3.05, 3.63) is 30.5 Å². The number of benzene rings is 1. The highest BCUT2D eigenvalue weighted by Crippen LogP contribution is 2.25. The second kappa shape index (κ2) is 6.98. The Hall–Kier alpha value is -1.77. The first-order valence-electron chi connectivity index (χ1n) is 7.01. The number of nitrogens with zero attached hydrogens (tertiary/aromatic N) is 1. The molecule has 0 fully saturated rings. The second-order valence-corrected chi connectivity index (χ2v) is 4.73. The molecule has 0 aliphatic carbocycles. The minimum atomic E-state index is 0.882. The van der Waals surface area contributed by atoms with E-state index >= 15 is 0 Å². The van der Waals surface area contributed by atoms with Crippen molar-refractivity contribution in [1.29, 1.82) is 0 Å². The summed E-state index contributed by atoms with van der Waals surface area (Å²) in [5.74, 6) is 1.85. The van der Waals surface area contributed by atoms with Crippen molar-refractivity contribution >= 4 is 16.6 Å². The lowest BCUT2D eigenvalue weighted by Crippen LogP contribution is -2.03. The quantitative estimate of drug-likeness (QED) is 0.754. The lowest BCUT2D eigenvalue weighted by atomic mass is 10.1. The third-order valence-electron chi connectivity index (χ3n) is 3.29. The Kier molecular flexibility index (Phi) is 5.01. The van der Waals surface area contributed by atoms with Crippen LogP contribution in [0, 0.1) is 0 Å². The van der Waals surface area contributed by atoms with Gasteiger partial charge in [0.1, 0.15) is 11.6 Å². The second-order valence-electron chi connectivity index (χ2n) is 4.73. The molecule has 0 atom stereocenters. The smallest absolute Gasteiger partial charge is 0.133 e. The van der Waals surface area contributed by atoms with Gasteiger partial charge in [0.2, 0.25) is 0 Å². The van der Waals surface area contributed by atoms with Crippen LogP contribution < -0.4 is 10.1 Å². The number of aromatic nitrogens is 1. The molecule has 1 heterocycles. The van der Waals surface area contributed by atoms with Gasteiger partial charge in [-0.3, -0.25) is 0 Å². The van der Waals surface area contributed by atoms with Gasteiger partial charge in [-0.15, -0.1) is 0 Å². The maximum absolute atomic E-state index is 5.25. The van der Waals surface area contributed by atoms with E-state index in [1.807, 2.05) is 24.4 Å². The lowest BCUT2D eigenvalue weighted by molar-refractivity contribution is 0.415. The fourth-order valence-electron chi connectivity index (χ4n) is 2.18. The van der Waals surface area contributed by atoms with Crippen LogP contribution in [0.15, 0.2) is 30.5 Å². The number of anilines is 1. The predicted molar refractivity (Wildman–Crippen MR) is 80.9 cm³/mol. The van der Waals surface area contributed by atoms with E-state index in [-0.39, 0.29) is 0 Å². The van der Waals surface area contributed by atoms with Crippen LogP contribution in [0.4, 0.5) is 5.82 Å². The molecule has 0 unspecified atom stereocenters. The van der Waals surface area contributed by atoms with Crippen LogP contribution in [0.1, 0.15) is 32.6 Å². The van der Waals surface area contributed by atoms with Gasteiger partial charge in [0.15, 0.2) is 0 Å². The van der Waals surface area contributed by atoms with E-state index in [0.717, 1.165) is 28.9 Å². The molecule has 0 saturated heterocycles. The largest absolute Gasteiger partial charge is 0.497 e. The fourth-order valence-corrected chi connectivity index (χ4v) is 2.18. The number of rotatable bonds is 7. The molecule has 2 aromatic rings. The van der Waals surface area contributed by atoms with E-state index in [1.165, 1.54) is 25.7 Å². The van der Waals surface area contributed by atoms with Crippen molar-refractivity contribution in [3.63, 3.8) is 0 Å². The van der Waals surface area contributed by atoms with Crippen LogP contribution in [0.5, 0.6) is 5.75 Å². The Morgan fingerprint density at radius 2 is 2.05 bits per heavy atom. The van der Waals surface area contributed by atoms with Gasteiger partial charge in [-0.05, 0) is 36.1 Å². The van der Waals surface area contributed by atoms with Crippen molar-refractivity contribution < 1.29 is 4.74 Å². The molecule has 3 heteroatoms. The lowest BCUT2D eigenvalue weighted by Gasteiger charge is -2.09. The first-order valence-corrected chi connectivity index (χ1v) is 7.01. The van der Waals surface area contributed by atoms with Crippen LogP contribution in [0.2, 0.25) is 0 Å². The third kappa shape index (κ3) is 3.60. The predicted octanol–water partition coefficient (Wildman–Crippen LogP) is 4.24. The average Bonchev–Trinajstić information content (AvgIpc) is 2.46. The molecule has 102 valence electrons. The summed E-state index contributed by atoms with van der Waals surface area (Å²) in [7, 11) is 1.69. The Morgan fingerprint density at radius 3 is 2.84 bits per heavy atom. The topological polar surface area (TPSA) is 34.2 Å². The highest BCUT2D eigenvalue weighted by molar-refractivity contribution is 5.92. The van der Waals surface area contributed by atoms with Gasteiger partial charge in [0.25, 0.3) is 0 Å². The molecular formula is C16H22N2O. The summed E-state index contributed by atoms with van der Waals surface area (Å²) in [6.07, 6.45) is 6.90. The first kappa shape index (κ1) is 13.7. The van der Waals surface area contributed by atoms with Crippen LogP contribution in [-0.2, 0) is 0 Å². The van der Waals surface area contributed by atoms with Gasteiger partial charge in [-0.2, -0.15) is 0 Å². The number of fused-ring (bicyclic) bond motifs is 1. The Bertz CT molecular complexity index is 525. The Morgan fingerprint density at radius 1 is 1.16 bits per heavy atom. The van der Waals surface area contributed by atoms with Gasteiger partial charge >= 0.3 is 0 Å². The van der Waals surface area contributed by atoms with Crippen LogP contribution in [0.25, 0.3) is 10.8 Å². The highest BCUT2D eigenvalue weighted by Gasteiger charge is 2.02. The Balaban J connectivity index is 2.06. The normalized spacial score (nSPS) is 10.6. The van der Waals surface area contributed by atoms with Crippen molar-refractivity contribution in [2.24, 2.45) is 0 Å². The van der Waals surface area contributed by atoms with Gasteiger partial charge in [0, 0.05) is 18.1 Å². The van der Waals surface area contributed by atoms with Gasteiger partial charge in [-0.25, -0.2) is 4.98 Å². The van der Waals surface area contributed by atoms with Crippen molar-refractivity contribution in [2.45, 2.75) is 32.6 Å². The van der Waals surface area contributed by atoms with E-state index in [9.17, 15) is 0 Å². The maximum Gasteiger partial charge on any atom is 0.133 e.